The predicted octanol–water partition coefficient (Wildman–Crippen LogP) is 3.75. The first-order valence-electron chi connectivity index (χ1n) is 6.59. The second kappa shape index (κ2) is 6.47. The Bertz CT molecular complexity index is 849. The smallest absolute Gasteiger partial charge is 0.264 e. The van der Waals surface area contributed by atoms with Gasteiger partial charge < -0.3 is 15.5 Å². The molecule has 5 nitrogen and oxygen atoms in total. The lowest BCUT2D eigenvalue weighted by Crippen LogP contribution is -2.19. The molecule has 0 unspecified atom stereocenters. The van der Waals surface area contributed by atoms with Crippen LogP contribution in [0.25, 0.3) is 6.08 Å². The Morgan fingerprint density at radius 1 is 1.13 bits per heavy atom. The molecule has 1 heterocycles. The highest BCUT2D eigenvalue weighted by Gasteiger charge is 2.24. The average molecular weight is 391 g/mol. The van der Waals surface area contributed by atoms with E-state index in [9.17, 15) is 15.0 Å². The van der Waals surface area contributed by atoms with Crippen molar-refractivity contribution in [2.75, 3.05) is 0 Å². The summed E-state index contributed by atoms with van der Waals surface area (Å²) < 4.78 is 0.836. The molecular weight excluding hydrogens is 380 g/mol. The van der Waals surface area contributed by atoms with Crippen LogP contribution in [-0.4, -0.2) is 21.3 Å². The number of hydrogen-bond acceptors (Lipinski definition) is 5. The summed E-state index contributed by atoms with van der Waals surface area (Å²) in [6.07, 6.45) is 1.63. The first-order chi connectivity index (χ1) is 11.0. The quantitative estimate of drug-likeness (QED) is 0.538. The molecule has 1 aliphatic heterocycles. The zero-order valence-electron chi connectivity index (χ0n) is 11.7. The van der Waals surface area contributed by atoms with Gasteiger partial charge in [0.25, 0.3) is 5.91 Å². The molecule has 0 atom stereocenters. The van der Waals surface area contributed by atoms with Crippen LogP contribution in [0, 0.1) is 0 Å². The van der Waals surface area contributed by atoms with E-state index in [0.717, 1.165) is 10.2 Å². The number of amides is 1. The van der Waals surface area contributed by atoms with Crippen LogP contribution >= 0.6 is 27.7 Å². The molecule has 1 saturated heterocycles. The molecule has 0 aliphatic carbocycles. The number of nitrogens with zero attached hydrogens (tertiary/aromatic N) is 1. The zero-order chi connectivity index (χ0) is 16.4. The number of benzene rings is 2. The summed E-state index contributed by atoms with van der Waals surface area (Å²) in [6, 6.07) is 11.8. The molecule has 3 rings (SSSR count). The number of rotatable bonds is 2. The Kier molecular flexibility index (Phi) is 4.40. The second-order valence-electron chi connectivity index (χ2n) is 4.68. The molecule has 2 aromatic rings. The van der Waals surface area contributed by atoms with Gasteiger partial charge in [-0.25, -0.2) is 4.99 Å². The number of para-hydroxylation sites is 1. The largest absolute Gasteiger partial charge is 0.504 e. The summed E-state index contributed by atoms with van der Waals surface area (Å²) in [6.45, 7) is 0. The van der Waals surface area contributed by atoms with E-state index in [1.54, 1.807) is 12.1 Å². The first-order valence-corrected chi connectivity index (χ1v) is 8.20. The van der Waals surface area contributed by atoms with Crippen molar-refractivity contribution in [2.24, 2.45) is 4.99 Å². The number of carbonyl (C=O) groups excluding carboxylic acids is 1. The highest BCUT2D eigenvalue weighted by atomic mass is 79.9. The van der Waals surface area contributed by atoms with Gasteiger partial charge in [-0.15, -0.1) is 0 Å². The molecule has 0 saturated carbocycles. The summed E-state index contributed by atoms with van der Waals surface area (Å²) in [5.41, 5.74) is 1.33. The van der Waals surface area contributed by atoms with Gasteiger partial charge in [-0.05, 0) is 63.6 Å². The second-order valence-corrected chi connectivity index (χ2v) is 6.57. The maximum atomic E-state index is 12.0. The van der Waals surface area contributed by atoms with Crippen LogP contribution in [0.3, 0.4) is 0 Å². The number of phenolic OH excluding ortho intramolecular Hbond substituents is 2. The Morgan fingerprint density at radius 2 is 1.91 bits per heavy atom. The third-order valence-electron chi connectivity index (χ3n) is 3.02. The summed E-state index contributed by atoms with van der Waals surface area (Å²) >= 11 is 4.62. The van der Waals surface area contributed by atoms with Crippen molar-refractivity contribution in [2.45, 2.75) is 0 Å². The number of carbonyl (C=O) groups is 1. The molecular formula is C16H11BrN2O3S. The number of amidine groups is 1. The number of aliphatic imine (C=N–C) groups is 1. The Morgan fingerprint density at radius 3 is 2.65 bits per heavy atom. The number of halogens is 1. The lowest BCUT2D eigenvalue weighted by Gasteiger charge is -1.99. The molecule has 7 heteroatoms. The van der Waals surface area contributed by atoms with Crippen LogP contribution in [0.2, 0.25) is 0 Å². The molecule has 0 bridgehead atoms. The van der Waals surface area contributed by atoms with E-state index >= 15 is 0 Å². The van der Waals surface area contributed by atoms with Crippen LogP contribution in [0.15, 0.2) is 56.8 Å². The van der Waals surface area contributed by atoms with Gasteiger partial charge in [-0.3, -0.25) is 4.79 Å². The number of nitrogens with one attached hydrogen (secondary N) is 1. The minimum Gasteiger partial charge on any atom is -0.504 e. The van der Waals surface area contributed by atoms with Crippen molar-refractivity contribution >= 4 is 50.5 Å². The van der Waals surface area contributed by atoms with Gasteiger partial charge in [-0.1, -0.05) is 18.2 Å². The van der Waals surface area contributed by atoms with Crippen molar-refractivity contribution in [1.29, 1.82) is 0 Å². The third kappa shape index (κ3) is 3.57. The van der Waals surface area contributed by atoms with Gasteiger partial charge in [0, 0.05) is 4.47 Å². The maximum Gasteiger partial charge on any atom is 0.264 e. The molecule has 0 aromatic heterocycles. The zero-order valence-corrected chi connectivity index (χ0v) is 14.1. The van der Waals surface area contributed by atoms with Crippen molar-refractivity contribution in [1.82, 2.24) is 5.32 Å². The minimum atomic E-state index is -0.256. The number of thioether (sulfide) groups is 1. The molecule has 2 aromatic carbocycles. The SMILES string of the molecule is O=C1NC(=Nc2ccccc2Br)SC1=Cc1ccc(O)c(O)c1. The maximum absolute atomic E-state index is 12.0. The average Bonchev–Trinajstić information content (AvgIpc) is 2.85. The van der Waals surface area contributed by atoms with E-state index in [4.69, 9.17) is 0 Å². The van der Waals surface area contributed by atoms with Crippen LogP contribution < -0.4 is 5.32 Å². The Balaban J connectivity index is 1.86. The van der Waals surface area contributed by atoms with Gasteiger partial charge in [0.1, 0.15) is 0 Å². The molecule has 1 fully saturated rings. The van der Waals surface area contributed by atoms with Gasteiger partial charge >= 0.3 is 0 Å². The van der Waals surface area contributed by atoms with Gasteiger partial charge in [-0.2, -0.15) is 0 Å². The van der Waals surface area contributed by atoms with Crippen LogP contribution in [-0.2, 0) is 4.79 Å². The van der Waals surface area contributed by atoms with E-state index in [0.29, 0.717) is 15.6 Å². The first kappa shape index (κ1) is 15.6. The van der Waals surface area contributed by atoms with Crippen molar-refractivity contribution in [3.05, 3.63) is 57.4 Å². The van der Waals surface area contributed by atoms with Gasteiger partial charge in [0.2, 0.25) is 0 Å². The fraction of sp³-hybridized carbons (Fsp3) is 0. The Labute approximate surface area is 144 Å². The summed E-state index contributed by atoms with van der Waals surface area (Å²) in [5, 5.41) is 22.0. The molecule has 1 aliphatic rings. The van der Waals surface area contributed by atoms with Crippen molar-refractivity contribution in [3.63, 3.8) is 0 Å². The highest BCUT2D eigenvalue weighted by Crippen LogP contribution is 2.32. The molecule has 116 valence electrons. The lowest BCUT2D eigenvalue weighted by atomic mass is 10.2. The van der Waals surface area contributed by atoms with E-state index in [-0.39, 0.29) is 17.4 Å². The van der Waals surface area contributed by atoms with Gasteiger partial charge in [0.15, 0.2) is 16.7 Å². The summed E-state index contributed by atoms with van der Waals surface area (Å²) in [7, 11) is 0. The van der Waals surface area contributed by atoms with Crippen LogP contribution in [0.5, 0.6) is 11.5 Å². The fourth-order valence-electron chi connectivity index (χ4n) is 1.91. The predicted molar refractivity (Wildman–Crippen MR) is 94.7 cm³/mol. The number of aromatic hydroxyl groups is 2. The van der Waals surface area contributed by atoms with E-state index in [1.807, 2.05) is 24.3 Å². The Hall–Kier alpha value is -2.25. The van der Waals surface area contributed by atoms with Crippen molar-refractivity contribution < 1.29 is 15.0 Å². The van der Waals surface area contributed by atoms with Crippen LogP contribution in [0.4, 0.5) is 5.69 Å². The van der Waals surface area contributed by atoms with Crippen molar-refractivity contribution in [3.8, 4) is 11.5 Å². The summed E-state index contributed by atoms with van der Waals surface area (Å²) in [4.78, 5) is 16.9. The van der Waals surface area contributed by atoms with Crippen LogP contribution in [0.1, 0.15) is 5.56 Å². The topological polar surface area (TPSA) is 81.9 Å². The summed E-state index contributed by atoms with van der Waals surface area (Å²) in [5.74, 6) is -0.690. The third-order valence-corrected chi connectivity index (χ3v) is 4.60. The normalized spacial score (nSPS) is 17.7. The lowest BCUT2D eigenvalue weighted by molar-refractivity contribution is -0.115. The molecule has 3 N–H and O–H groups in total. The molecule has 0 radical (unpaired) electrons. The number of hydrogen-bond donors (Lipinski definition) is 3. The van der Waals surface area contributed by atoms with E-state index in [2.05, 4.69) is 26.2 Å². The van der Waals surface area contributed by atoms with Gasteiger partial charge in [0.05, 0.1) is 10.6 Å². The minimum absolute atomic E-state index is 0.202. The number of phenols is 2. The van der Waals surface area contributed by atoms with E-state index in [1.165, 1.54) is 23.9 Å². The molecule has 23 heavy (non-hydrogen) atoms. The van der Waals surface area contributed by atoms with E-state index < -0.39 is 0 Å². The molecule has 1 amide bonds. The highest BCUT2D eigenvalue weighted by molar-refractivity contribution is 9.10. The molecule has 0 spiro atoms. The standard InChI is InChI=1S/C16H11BrN2O3S/c17-10-3-1-2-4-11(10)18-16-19-15(22)14(23-16)8-9-5-6-12(20)13(21)7-9/h1-8,20-21H,(H,18,19,22). The fourth-order valence-corrected chi connectivity index (χ4v) is 3.12. The monoisotopic (exact) mass is 390 g/mol.